The predicted octanol–water partition coefficient (Wildman–Crippen LogP) is 1.42. The second kappa shape index (κ2) is 6.03. The summed E-state index contributed by atoms with van der Waals surface area (Å²) in [7, 11) is 0. The average molecular weight is 235 g/mol. The summed E-state index contributed by atoms with van der Waals surface area (Å²) < 4.78 is 0. The first kappa shape index (κ1) is 13.2. The van der Waals surface area contributed by atoms with Crippen molar-refractivity contribution in [3.05, 3.63) is 29.8 Å². The molecule has 17 heavy (non-hydrogen) atoms. The number of carbonyl (C=O) groups excluding carboxylic acids is 2. The van der Waals surface area contributed by atoms with Gasteiger partial charge < -0.3 is 10.4 Å². The lowest BCUT2D eigenvalue weighted by Crippen LogP contribution is -2.40. The minimum absolute atomic E-state index is 0.0696. The lowest BCUT2D eigenvalue weighted by atomic mass is 10.0. The highest BCUT2D eigenvalue weighted by atomic mass is 16.3. The summed E-state index contributed by atoms with van der Waals surface area (Å²) in [6.45, 7) is 3.20. The molecule has 4 heteroatoms. The molecule has 0 spiro atoms. The van der Waals surface area contributed by atoms with Crippen LogP contribution in [0.2, 0.25) is 0 Å². The Morgan fingerprint density at radius 1 is 1.29 bits per heavy atom. The molecule has 0 aliphatic heterocycles. The van der Waals surface area contributed by atoms with Crippen molar-refractivity contribution in [3.63, 3.8) is 0 Å². The molecule has 1 amide bonds. The zero-order valence-electron chi connectivity index (χ0n) is 10.1. The van der Waals surface area contributed by atoms with E-state index in [0.29, 0.717) is 12.8 Å². The molecule has 0 unspecified atom stereocenters. The van der Waals surface area contributed by atoms with Crippen molar-refractivity contribution in [1.82, 2.24) is 5.32 Å². The Bertz CT molecular complexity index is 398. The molecular formula is C13H17NO3. The topological polar surface area (TPSA) is 66.4 Å². The van der Waals surface area contributed by atoms with Crippen LogP contribution in [0.1, 0.15) is 25.8 Å². The van der Waals surface area contributed by atoms with Gasteiger partial charge in [0.05, 0.1) is 6.04 Å². The molecule has 0 aliphatic rings. The van der Waals surface area contributed by atoms with Gasteiger partial charge in [-0.05, 0) is 31.0 Å². The van der Waals surface area contributed by atoms with E-state index in [1.807, 2.05) is 0 Å². The number of aromatic hydroxyl groups is 1. The van der Waals surface area contributed by atoms with E-state index in [0.717, 1.165) is 5.56 Å². The number of rotatable bonds is 5. The average Bonchev–Trinajstić information content (AvgIpc) is 2.30. The van der Waals surface area contributed by atoms with E-state index in [9.17, 15) is 9.59 Å². The molecule has 92 valence electrons. The zero-order chi connectivity index (χ0) is 12.8. The Kier molecular flexibility index (Phi) is 4.69. The number of amides is 1. The van der Waals surface area contributed by atoms with Crippen molar-refractivity contribution < 1.29 is 14.7 Å². The first-order valence-corrected chi connectivity index (χ1v) is 5.60. The smallest absolute Gasteiger partial charge is 0.220 e. The van der Waals surface area contributed by atoms with Crippen molar-refractivity contribution in [1.29, 1.82) is 0 Å². The van der Waals surface area contributed by atoms with Gasteiger partial charge in [-0.1, -0.05) is 19.1 Å². The van der Waals surface area contributed by atoms with Gasteiger partial charge in [-0.25, -0.2) is 0 Å². The highest BCUT2D eigenvalue weighted by Gasteiger charge is 2.16. The molecule has 1 aromatic carbocycles. The maximum Gasteiger partial charge on any atom is 0.220 e. The SMILES string of the molecule is CCC(=O)N[C@@H](Cc1ccc(O)cc1)C(C)=O. The number of phenolic OH excluding ortho intramolecular Hbond substituents is 1. The van der Waals surface area contributed by atoms with Crippen molar-refractivity contribution in [3.8, 4) is 5.75 Å². The van der Waals surface area contributed by atoms with E-state index in [-0.39, 0.29) is 17.4 Å². The van der Waals surface area contributed by atoms with E-state index < -0.39 is 6.04 Å². The summed E-state index contributed by atoms with van der Waals surface area (Å²) in [5.41, 5.74) is 0.902. The third kappa shape index (κ3) is 4.26. The Morgan fingerprint density at radius 3 is 2.35 bits per heavy atom. The largest absolute Gasteiger partial charge is 0.508 e. The fourth-order valence-corrected chi connectivity index (χ4v) is 1.46. The lowest BCUT2D eigenvalue weighted by Gasteiger charge is -2.15. The summed E-state index contributed by atoms with van der Waals surface area (Å²) in [6.07, 6.45) is 0.806. The molecule has 2 N–H and O–H groups in total. The number of hydrogen-bond donors (Lipinski definition) is 2. The van der Waals surface area contributed by atoms with Gasteiger partial charge in [-0.3, -0.25) is 9.59 Å². The number of Topliss-reactive ketones (excluding diaryl/α,β-unsaturated/α-hetero) is 1. The second-order valence-electron chi connectivity index (χ2n) is 3.95. The standard InChI is InChI=1S/C13H17NO3/c1-3-13(17)14-12(9(2)15)8-10-4-6-11(16)7-5-10/h4-7,12,16H,3,8H2,1-2H3,(H,14,17)/t12-/m0/s1. The third-order valence-corrected chi connectivity index (χ3v) is 2.52. The minimum atomic E-state index is -0.494. The molecule has 0 heterocycles. The first-order valence-electron chi connectivity index (χ1n) is 5.60. The molecule has 4 nitrogen and oxygen atoms in total. The Morgan fingerprint density at radius 2 is 1.88 bits per heavy atom. The number of benzene rings is 1. The van der Waals surface area contributed by atoms with E-state index in [2.05, 4.69) is 5.32 Å². The van der Waals surface area contributed by atoms with Crippen LogP contribution in [-0.2, 0) is 16.0 Å². The third-order valence-electron chi connectivity index (χ3n) is 2.52. The van der Waals surface area contributed by atoms with Crippen LogP contribution in [-0.4, -0.2) is 22.8 Å². The van der Waals surface area contributed by atoms with Gasteiger partial charge >= 0.3 is 0 Å². The van der Waals surface area contributed by atoms with Gasteiger partial charge in [-0.15, -0.1) is 0 Å². The first-order chi connectivity index (χ1) is 8.02. The van der Waals surface area contributed by atoms with Crippen LogP contribution in [0, 0.1) is 0 Å². The van der Waals surface area contributed by atoms with E-state index >= 15 is 0 Å². The molecule has 0 saturated carbocycles. The van der Waals surface area contributed by atoms with E-state index in [4.69, 9.17) is 5.11 Å². The summed E-state index contributed by atoms with van der Waals surface area (Å²) in [6, 6.07) is 6.11. The monoisotopic (exact) mass is 235 g/mol. The molecule has 1 atom stereocenters. The van der Waals surface area contributed by atoms with Crippen LogP contribution in [0.25, 0.3) is 0 Å². The highest BCUT2D eigenvalue weighted by Crippen LogP contribution is 2.11. The van der Waals surface area contributed by atoms with Crippen LogP contribution in [0.15, 0.2) is 24.3 Å². The molecule has 1 aromatic rings. The number of phenols is 1. The Balaban J connectivity index is 2.70. The summed E-state index contributed by atoms with van der Waals surface area (Å²) in [4.78, 5) is 22.7. The van der Waals surface area contributed by atoms with Crippen molar-refractivity contribution >= 4 is 11.7 Å². The number of hydrogen-bond acceptors (Lipinski definition) is 3. The quantitative estimate of drug-likeness (QED) is 0.811. The van der Waals surface area contributed by atoms with E-state index in [1.165, 1.54) is 6.92 Å². The molecular weight excluding hydrogens is 218 g/mol. The van der Waals surface area contributed by atoms with Crippen LogP contribution in [0.5, 0.6) is 5.75 Å². The van der Waals surface area contributed by atoms with Crippen LogP contribution >= 0.6 is 0 Å². The minimum Gasteiger partial charge on any atom is -0.508 e. The normalized spacial score (nSPS) is 11.9. The van der Waals surface area contributed by atoms with Crippen molar-refractivity contribution in [2.75, 3.05) is 0 Å². The predicted molar refractivity (Wildman–Crippen MR) is 64.7 cm³/mol. The number of carbonyl (C=O) groups is 2. The molecule has 0 aliphatic carbocycles. The van der Waals surface area contributed by atoms with Gasteiger partial charge in [0.25, 0.3) is 0 Å². The molecule has 1 rings (SSSR count). The molecule has 0 fully saturated rings. The molecule has 0 saturated heterocycles. The molecule has 0 radical (unpaired) electrons. The second-order valence-corrected chi connectivity index (χ2v) is 3.95. The van der Waals surface area contributed by atoms with Gasteiger partial charge in [0.1, 0.15) is 5.75 Å². The number of ketones is 1. The Hall–Kier alpha value is -1.84. The highest BCUT2D eigenvalue weighted by molar-refractivity contribution is 5.87. The molecule has 0 bridgehead atoms. The maximum atomic E-state index is 11.4. The lowest BCUT2D eigenvalue weighted by molar-refractivity contribution is -0.126. The maximum absolute atomic E-state index is 11.4. The van der Waals surface area contributed by atoms with Gasteiger partial charge in [0.2, 0.25) is 5.91 Å². The van der Waals surface area contributed by atoms with Crippen LogP contribution in [0.3, 0.4) is 0 Å². The summed E-state index contributed by atoms with van der Waals surface area (Å²) >= 11 is 0. The fraction of sp³-hybridized carbons (Fsp3) is 0.385. The number of nitrogens with one attached hydrogen (secondary N) is 1. The fourth-order valence-electron chi connectivity index (χ4n) is 1.46. The van der Waals surface area contributed by atoms with Crippen molar-refractivity contribution in [2.24, 2.45) is 0 Å². The van der Waals surface area contributed by atoms with Gasteiger partial charge in [-0.2, -0.15) is 0 Å². The van der Waals surface area contributed by atoms with E-state index in [1.54, 1.807) is 31.2 Å². The van der Waals surface area contributed by atoms with Gasteiger partial charge in [0.15, 0.2) is 5.78 Å². The Labute approximate surface area is 101 Å². The summed E-state index contributed by atoms with van der Waals surface area (Å²) in [5.74, 6) is -0.0189. The van der Waals surface area contributed by atoms with Crippen LogP contribution in [0.4, 0.5) is 0 Å². The molecule has 0 aromatic heterocycles. The van der Waals surface area contributed by atoms with Crippen LogP contribution < -0.4 is 5.32 Å². The van der Waals surface area contributed by atoms with Gasteiger partial charge in [0, 0.05) is 6.42 Å². The van der Waals surface area contributed by atoms with Crippen molar-refractivity contribution in [2.45, 2.75) is 32.7 Å². The zero-order valence-corrected chi connectivity index (χ0v) is 10.1. The summed E-state index contributed by atoms with van der Waals surface area (Å²) in [5, 5.41) is 11.8.